The number of hydrogen-bond acceptors (Lipinski definition) is 4. The lowest BCUT2D eigenvalue weighted by atomic mass is 9.88. The normalized spacial score (nSPS) is 17.6. The topological polar surface area (TPSA) is 82.6 Å². The molecule has 1 aliphatic rings. The van der Waals surface area contributed by atoms with Crippen molar-refractivity contribution in [2.45, 2.75) is 29.5 Å². The second-order valence-electron chi connectivity index (χ2n) is 6.18. The molecule has 3 rings (SSSR count). The molecule has 0 fully saturated rings. The van der Waals surface area contributed by atoms with Crippen LogP contribution in [0, 0.1) is 0 Å². The van der Waals surface area contributed by atoms with Crippen LogP contribution in [0.15, 0.2) is 51.0 Å². The van der Waals surface area contributed by atoms with E-state index in [9.17, 15) is 8.42 Å². The van der Waals surface area contributed by atoms with E-state index in [4.69, 9.17) is 0 Å². The number of rotatable bonds is 6. The van der Waals surface area contributed by atoms with Gasteiger partial charge >= 0.3 is 0 Å². The van der Waals surface area contributed by atoms with Crippen LogP contribution in [0.5, 0.6) is 0 Å². The van der Waals surface area contributed by atoms with Crippen LogP contribution < -0.4 is 15.4 Å². The third-order valence-electron chi connectivity index (χ3n) is 4.38. The molecule has 0 amide bonds. The number of thiophene rings is 1. The molecule has 1 heterocycles. The average molecular weight is 393 g/mol. The van der Waals surface area contributed by atoms with Gasteiger partial charge in [-0.1, -0.05) is 30.3 Å². The maximum Gasteiger partial charge on any atom is 0.250 e. The Kier molecular flexibility index (Phi) is 6.29. The van der Waals surface area contributed by atoms with Crippen LogP contribution >= 0.6 is 11.3 Å². The summed E-state index contributed by atoms with van der Waals surface area (Å²) in [6.45, 7) is 0.766. The Hall–Kier alpha value is -1.90. The van der Waals surface area contributed by atoms with E-state index >= 15 is 0 Å². The Morgan fingerprint density at radius 2 is 2.00 bits per heavy atom. The Morgan fingerprint density at radius 3 is 2.73 bits per heavy atom. The Morgan fingerprint density at radius 1 is 1.19 bits per heavy atom. The second kappa shape index (κ2) is 8.66. The van der Waals surface area contributed by atoms with Crippen molar-refractivity contribution in [3.05, 3.63) is 52.9 Å². The van der Waals surface area contributed by atoms with Gasteiger partial charge < -0.3 is 10.6 Å². The van der Waals surface area contributed by atoms with E-state index < -0.39 is 10.0 Å². The van der Waals surface area contributed by atoms with Crippen molar-refractivity contribution in [3.8, 4) is 0 Å². The predicted molar refractivity (Wildman–Crippen MR) is 106 cm³/mol. The van der Waals surface area contributed by atoms with Gasteiger partial charge in [0.15, 0.2) is 5.96 Å². The summed E-state index contributed by atoms with van der Waals surface area (Å²) >= 11 is 1.21. The monoisotopic (exact) mass is 392 g/mol. The molecule has 0 radical (unpaired) electrons. The van der Waals surface area contributed by atoms with Crippen molar-refractivity contribution in [2.75, 3.05) is 20.1 Å². The van der Waals surface area contributed by atoms with E-state index in [-0.39, 0.29) is 0 Å². The minimum atomic E-state index is -3.41. The quantitative estimate of drug-likeness (QED) is 0.397. The van der Waals surface area contributed by atoms with Crippen LogP contribution in [0.25, 0.3) is 0 Å². The first-order valence-electron chi connectivity index (χ1n) is 8.65. The van der Waals surface area contributed by atoms with Crippen LogP contribution in [-0.2, 0) is 22.9 Å². The molecule has 0 saturated carbocycles. The summed E-state index contributed by atoms with van der Waals surface area (Å²) in [4.78, 5) is 4.24. The standard InChI is InChI=1S/C18H24N4O2S2/c1-19-18(20-10-11-21-26(23,24)17-7-4-12-25-17)22-16-9-8-14-5-2-3-6-15(14)13-16/h2-7,12,16,21H,8-11,13H2,1H3,(H2,19,20,22). The summed E-state index contributed by atoms with van der Waals surface area (Å²) in [6, 6.07) is 12.2. The van der Waals surface area contributed by atoms with Gasteiger partial charge in [0.1, 0.15) is 4.21 Å². The van der Waals surface area contributed by atoms with Gasteiger partial charge in [-0.3, -0.25) is 4.99 Å². The van der Waals surface area contributed by atoms with Crippen molar-refractivity contribution in [2.24, 2.45) is 4.99 Å². The molecule has 1 aliphatic carbocycles. The molecule has 3 N–H and O–H groups in total. The third kappa shape index (κ3) is 4.84. The van der Waals surface area contributed by atoms with Gasteiger partial charge in [0, 0.05) is 26.2 Å². The largest absolute Gasteiger partial charge is 0.355 e. The lowest BCUT2D eigenvalue weighted by molar-refractivity contribution is 0.520. The van der Waals surface area contributed by atoms with E-state index in [0.717, 1.165) is 19.3 Å². The van der Waals surface area contributed by atoms with Gasteiger partial charge in [0.25, 0.3) is 0 Å². The van der Waals surface area contributed by atoms with E-state index in [1.54, 1.807) is 24.6 Å². The highest BCUT2D eigenvalue weighted by molar-refractivity contribution is 7.91. The highest BCUT2D eigenvalue weighted by Crippen LogP contribution is 2.20. The Bertz CT molecular complexity index is 848. The summed E-state index contributed by atoms with van der Waals surface area (Å²) in [6.07, 6.45) is 3.09. The molecule has 1 unspecified atom stereocenters. The molecule has 2 aromatic rings. The molecule has 0 aliphatic heterocycles. The average Bonchev–Trinajstić information content (AvgIpc) is 3.20. The molecule has 0 spiro atoms. The van der Waals surface area contributed by atoms with Gasteiger partial charge in [-0.25, -0.2) is 13.1 Å². The number of aliphatic imine (C=N–C) groups is 1. The second-order valence-corrected chi connectivity index (χ2v) is 9.12. The zero-order valence-corrected chi connectivity index (χ0v) is 16.4. The first kappa shape index (κ1) is 18.9. The van der Waals surface area contributed by atoms with E-state index in [1.165, 1.54) is 22.5 Å². The smallest absolute Gasteiger partial charge is 0.250 e. The van der Waals surface area contributed by atoms with E-state index in [1.807, 2.05) is 0 Å². The maximum absolute atomic E-state index is 12.1. The highest BCUT2D eigenvalue weighted by atomic mass is 32.2. The number of nitrogens with zero attached hydrogens (tertiary/aromatic N) is 1. The summed E-state index contributed by atoms with van der Waals surface area (Å²) < 4.78 is 27.1. The molecule has 1 atom stereocenters. The van der Waals surface area contributed by atoms with E-state index in [2.05, 4.69) is 44.6 Å². The van der Waals surface area contributed by atoms with Crippen LogP contribution in [0.3, 0.4) is 0 Å². The van der Waals surface area contributed by atoms with Crippen LogP contribution in [0.1, 0.15) is 17.5 Å². The molecule has 6 nitrogen and oxygen atoms in total. The molecular formula is C18H24N4O2S2. The molecule has 0 saturated heterocycles. The van der Waals surface area contributed by atoms with Crippen molar-refractivity contribution in [1.29, 1.82) is 0 Å². The fraction of sp³-hybridized carbons (Fsp3) is 0.389. The minimum absolute atomic E-state index is 0.300. The fourth-order valence-electron chi connectivity index (χ4n) is 3.06. The van der Waals surface area contributed by atoms with Crippen molar-refractivity contribution >= 4 is 27.3 Å². The number of guanidine groups is 1. The molecule has 140 valence electrons. The minimum Gasteiger partial charge on any atom is -0.355 e. The Balaban J connectivity index is 1.44. The Labute approximate surface area is 158 Å². The first-order valence-corrected chi connectivity index (χ1v) is 11.0. The van der Waals surface area contributed by atoms with Gasteiger partial charge in [0.05, 0.1) is 0 Å². The zero-order chi connectivity index (χ0) is 18.4. The molecule has 1 aromatic carbocycles. The van der Waals surface area contributed by atoms with Crippen LogP contribution in [0.4, 0.5) is 0 Å². The van der Waals surface area contributed by atoms with E-state index in [0.29, 0.717) is 29.3 Å². The predicted octanol–water partition coefficient (Wildman–Crippen LogP) is 1.75. The van der Waals surface area contributed by atoms with Crippen molar-refractivity contribution < 1.29 is 8.42 Å². The first-order chi connectivity index (χ1) is 12.6. The molecule has 26 heavy (non-hydrogen) atoms. The summed E-state index contributed by atoms with van der Waals surface area (Å²) in [5.41, 5.74) is 2.81. The maximum atomic E-state index is 12.1. The summed E-state index contributed by atoms with van der Waals surface area (Å²) in [5, 5.41) is 8.36. The number of nitrogens with one attached hydrogen (secondary N) is 3. The van der Waals surface area contributed by atoms with Gasteiger partial charge in [-0.2, -0.15) is 0 Å². The molecule has 1 aromatic heterocycles. The summed E-state index contributed by atoms with van der Waals surface area (Å²) in [5.74, 6) is 0.699. The number of aryl methyl sites for hydroxylation is 1. The van der Waals surface area contributed by atoms with Gasteiger partial charge in [0.2, 0.25) is 10.0 Å². The zero-order valence-electron chi connectivity index (χ0n) is 14.7. The van der Waals surface area contributed by atoms with Gasteiger partial charge in [-0.15, -0.1) is 11.3 Å². The molecule has 8 heteroatoms. The number of hydrogen-bond donors (Lipinski definition) is 3. The lowest BCUT2D eigenvalue weighted by Crippen LogP contribution is -2.47. The van der Waals surface area contributed by atoms with Crippen molar-refractivity contribution in [1.82, 2.24) is 15.4 Å². The van der Waals surface area contributed by atoms with Crippen LogP contribution in [-0.4, -0.2) is 40.6 Å². The SMILES string of the molecule is CN=C(NCCNS(=O)(=O)c1cccs1)NC1CCc2ccccc2C1. The van der Waals surface area contributed by atoms with Gasteiger partial charge in [-0.05, 0) is 41.8 Å². The fourth-order valence-corrected chi connectivity index (χ4v) is 5.13. The molecular weight excluding hydrogens is 368 g/mol. The van der Waals surface area contributed by atoms with Crippen LogP contribution in [0.2, 0.25) is 0 Å². The third-order valence-corrected chi connectivity index (χ3v) is 7.24. The lowest BCUT2D eigenvalue weighted by Gasteiger charge is -2.27. The number of sulfonamides is 1. The van der Waals surface area contributed by atoms with Crippen molar-refractivity contribution in [3.63, 3.8) is 0 Å². The number of fused-ring (bicyclic) bond motifs is 1. The molecule has 0 bridgehead atoms. The summed E-state index contributed by atoms with van der Waals surface area (Å²) in [7, 11) is -1.69. The number of benzene rings is 1. The highest BCUT2D eigenvalue weighted by Gasteiger charge is 2.19.